The van der Waals surface area contributed by atoms with Gasteiger partial charge in [0.2, 0.25) is 0 Å². The first-order chi connectivity index (χ1) is 8.99. The highest BCUT2D eigenvalue weighted by Crippen LogP contribution is 2.29. The molecule has 19 heavy (non-hydrogen) atoms. The number of hydrogen-bond acceptors (Lipinski definition) is 3. The summed E-state index contributed by atoms with van der Waals surface area (Å²) in [6.45, 7) is 8.00. The first-order valence-electron chi connectivity index (χ1n) is 6.87. The van der Waals surface area contributed by atoms with E-state index in [0.717, 1.165) is 18.2 Å². The molecule has 2 rings (SSSR count). The van der Waals surface area contributed by atoms with Crippen LogP contribution in [0.25, 0.3) is 0 Å². The Morgan fingerprint density at radius 3 is 2.79 bits per heavy atom. The van der Waals surface area contributed by atoms with E-state index in [9.17, 15) is 0 Å². The van der Waals surface area contributed by atoms with E-state index in [1.807, 2.05) is 18.2 Å². The Kier molecular flexibility index (Phi) is 4.85. The summed E-state index contributed by atoms with van der Waals surface area (Å²) in [4.78, 5) is 2.44. The fourth-order valence-corrected chi connectivity index (χ4v) is 3.00. The Morgan fingerprint density at radius 2 is 2.16 bits per heavy atom. The van der Waals surface area contributed by atoms with Crippen molar-refractivity contribution in [3.63, 3.8) is 0 Å². The number of nitrogens with zero attached hydrogens (tertiary/aromatic N) is 1. The number of ether oxygens (including phenoxy) is 1. The van der Waals surface area contributed by atoms with Gasteiger partial charge < -0.3 is 10.5 Å². The molecule has 4 atom stereocenters. The summed E-state index contributed by atoms with van der Waals surface area (Å²) < 4.78 is 5.70. The first kappa shape index (κ1) is 14.8. The second kappa shape index (κ2) is 6.23. The second-order valence-corrected chi connectivity index (χ2v) is 5.99. The minimum atomic E-state index is 0.0474. The highest BCUT2D eigenvalue weighted by molar-refractivity contribution is 6.30. The van der Waals surface area contributed by atoms with Crippen LogP contribution in [0.5, 0.6) is 0 Å². The third kappa shape index (κ3) is 3.48. The van der Waals surface area contributed by atoms with Crippen LogP contribution in [0.15, 0.2) is 24.3 Å². The molecule has 4 unspecified atom stereocenters. The number of rotatable bonds is 3. The van der Waals surface area contributed by atoms with Gasteiger partial charge in [-0.3, -0.25) is 4.90 Å². The summed E-state index contributed by atoms with van der Waals surface area (Å²) in [5.41, 5.74) is 7.42. The second-order valence-electron chi connectivity index (χ2n) is 5.55. The molecule has 0 spiro atoms. The zero-order chi connectivity index (χ0) is 14.0. The predicted molar refractivity (Wildman–Crippen MR) is 79.4 cm³/mol. The summed E-state index contributed by atoms with van der Waals surface area (Å²) in [7, 11) is 0. The maximum Gasteiger partial charge on any atom is 0.0675 e. The SMILES string of the molecule is CC1CN(C(c2cccc(Cl)c2)C(C)N)C(C)CO1. The van der Waals surface area contributed by atoms with Gasteiger partial charge in [0.25, 0.3) is 0 Å². The van der Waals surface area contributed by atoms with Crippen molar-refractivity contribution in [2.24, 2.45) is 5.73 Å². The monoisotopic (exact) mass is 282 g/mol. The lowest BCUT2D eigenvalue weighted by Gasteiger charge is -2.43. The normalized spacial score (nSPS) is 28.1. The summed E-state index contributed by atoms with van der Waals surface area (Å²) >= 11 is 6.11. The van der Waals surface area contributed by atoms with Crippen LogP contribution < -0.4 is 5.73 Å². The maximum atomic E-state index is 6.23. The lowest BCUT2D eigenvalue weighted by molar-refractivity contribution is -0.0697. The van der Waals surface area contributed by atoms with Crippen molar-refractivity contribution in [1.29, 1.82) is 0 Å². The van der Waals surface area contributed by atoms with Gasteiger partial charge in [0.15, 0.2) is 0 Å². The first-order valence-corrected chi connectivity index (χ1v) is 7.25. The third-order valence-electron chi connectivity index (χ3n) is 3.70. The third-order valence-corrected chi connectivity index (χ3v) is 3.94. The van der Waals surface area contributed by atoms with Crippen molar-refractivity contribution >= 4 is 11.6 Å². The molecule has 0 saturated carbocycles. The van der Waals surface area contributed by atoms with Gasteiger partial charge in [0, 0.05) is 23.7 Å². The van der Waals surface area contributed by atoms with Crippen LogP contribution in [0, 0.1) is 0 Å². The van der Waals surface area contributed by atoms with E-state index in [1.54, 1.807) is 0 Å². The highest BCUT2D eigenvalue weighted by atomic mass is 35.5. The van der Waals surface area contributed by atoms with Crippen molar-refractivity contribution in [2.75, 3.05) is 13.2 Å². The fourth-order valence-electron chi connectivity index (χ4n) is 2.80. The summed E-state index contributed by atoms with van der Waals surface area (Å²) in [5, 5.41) is 0.761. The van der Waals surface area contributed by atoms with Crippen molar-refractivity contribution in [1.82, 2.24) is 4.90 Å². The fraction of sp³-hybridized carbons (Fsp3) is 0.600. The lowest BCUT2D eigenvalue weighted by atomic mass is 9.96. The average Bonchev–Trinajstić information content (AvgIpc) is 2.33. The number of nitrogens with two attached hydrogens (primary N) is 1. The smallest absolute Gasteiger partial charge is 0.0675 e. The van der Waals surface area contributed by atoms with Gasteiger partial charge in [-0.1, -0.05) is 23.7 Å². The molecule has 0 amide bonds. The molecule has 106 valence electrons. The van der Waals surface area contributed by atoms with Crippen LogP contribution in [0.2, 0.25) is 5.02 Å². The van der Waals surface area contributed by atoms with Crippen LogP contribution in [-0.2, 0) is 4.74 Å². The molecule has 0 aliphatic carbocycles. The Morgan fingerprint density at radius 1 is 1.42 bits per heavy atom. The molecule has 0 radical (unpaired) electrons. The number of benzene rings is 1. The van der Waals surface area contributed by atoms with Crippen molar-refractivity contribution in [3.8, 4) is 0 Å². The van der Waals surface area contributed by atoms with Gasteiger partial charge >= 0.3 is 0 Å². The summed E-state index contributed by atoms with van der Waals surface area (Å²) in [6.07, 6.45) is 0.247. The van der Waals surface area contributed by atoms with E-state index in [0.29, 0.717) is 6.04 Å². The van der Waals surface area contributed by atoms with Gasteiger partial charge in [0.1, 0.15) is 0 Å². The number of halogens is 1. The Balaban J connectivity index is 2.29. The van der Waals surface area contributed by atoms with E-state index >= 15 is 0 Å². The van der Waals surface area contributed by atoms with E-state index in [1.165, 1.54) is 5.56 Å². The molecule has 1 heterocycles. The molecular formula is C15H23ClN2O. The molecule has 1 aliphatic rings. The van der Waals surface area contributed by atoms with Crippen molar-refractivity contribution in [3.05, 3.63) is 34.9 Å². The van der Waals surface area contributed by atoms with Crippen LogP contribution in [0.1, 0.15) is 32.4 Å². The van der Waals surface area contributed by atoms with E-state index < -0.39 is 0 Å². The molecule has 1 aliphatic heterocycles. The van der Waals surface area contributed by atoms with Gasteiger partial charge in [0.05, 0.1) is 18.8 Å². The highest BCUT2D eigenvalue weighted by Gasteiger charge is 2.32. The molecule has 0 bridgehead atoms. The summed E-state index contributed by atoms with van der Waals surface area (Å²) in [5.74, 6) is 0. The number of morpholine rings is 1. The topological polar surface area (TPSA) is 38.5 Å². The molecule has 2 N–H and O–H groups in total. The number of hydrogen-bond donors (Lipinski definition) is 1. The van der Waals surface area contributed by atoms with Crippen molar-refractivity contribution in [2.45, 2.75) is 45.0 Å². The van der Waals surface area contributed by atoms with Gasteiger partial charge in [-0.15, -0.1) is 0 Å². The Hall–Kier alpha value is -0.610. The molecule has 1 aromatic carbocycles. The molecular weight excluding hydrogens is 260 g/mol. The van der Waals surface area contributed by atoms with Gasteiger partial charge in [-0.05, 0) is 38.5 Å². The Labute approximate surface area is 120 Å². The largest absolute Gasteiger partial charge is 0.376 e. The van der Waals surface area contributed by atoms with Crippen LogP contribution in [-0.4, -0.2) is 36.2 Å². The van der Waals surface area contributed by atoms with Crippen LogP contribution in [0.3, 0.4) is 0 Å². The quantitative estimate of drug-likeness (QED) is 0.926. The Bertz CT molecular complexity index is 424. The van der Waals surface area contributed by atoms with Crippen LogP contribution in [0.4, 0.5) is 0 Å². The van der Waals surface area contributed by atoms with Gasteiger partial charge in [-0.2, -0.15) is 0 Å². The zero-order valence-corrected chi connectivity index (χ0v) is 12.6. The predicted octanol–water partition coefficient (Wildman–Crippen LogP) is 2.84. The maximum absolute atomic E-state index is 6.23. The average molecular weight is 283 g/mol. The van der Waals surface area contributed by atoms with E-state index in [-0.39, 0.29) is 18.2 Å². The lowest BCUT2D eigenvalue weighted by Crippen LogP contribution is -2.52. The molecule has 1 saturated heterocycles. The minimum absolute atomic E-state index is 0.0474. The van der Waals surface area contributed by atoms with Crippen LogP contribution >= 0.6 is 11.6 Å². The summed E-state index contributed by atoms with van der Waals surface area (Å²) in [6, 6.07) is 8.60. The van der Waals surface area contributed by atoms with Crippen molar-refractivity contribution < 1.29 is 4.74 Å². The van der Waals surface area contributed by atoms with E-state index in [4.69, 9.17) is 22.1 Å². The molecule has 1 aromatic rings. The minimum Gasteiger partial charge on any atom is -0.376 e. The zero-order valence-electron chi connectivity index (χ0n) is 11.8. The standard InChI is InChI=1S/C15H23ClN2O/c1-10-9-19-11(2)8-18(10)15(12(3)17)13-5-4-6-14(16)7-13/h4-7,10-12,15H,8-9,17H2,1-3H3. The van der Waals surface area contributed by atoms with Gasteiger partial charge in [-0.25, -0.2) is 0 Å². The molecule has 4 heteroatoms. The molecule has 1 fully saturated rings. The molecule has 0 aromatic heterocycles. The van der Waals surface area contributed by atoms with E-state index in [2.05, 4.69) is 31.7 Å². The molecule has 3 nitrogen and oxygen atoms in total.